The van der Waals surface area contributed by atoms with E-state index in [1.165, 1.54) is 31.0 Å². The fourth-order valence-corrected chi connectivity index (χ4v) is 4.54. The lowest BCUT2D eigenvalue weighted by Gasteiger charge is -2.22. The van der Waals surface area contributed by atoms with Gasteiger partial charge in [0.15, 0.2) is 9.84 Å². The quantitative estimate of drug-likeness (QED) is 0.513. The van der Waals surface area contributed by atoms with Crippen molar-refractivity contribution in [3.63, 3.8) is 0 Å². The lowest BCUT2D eigenvalue weighted by Crippen LogP contribution is -2.39. The maximum Gasteiger partial charge on any atom is 0.240 e. The highest BCUT2D eigenvalue weighted by molar-refractivity contribution is 7.92. The average molecular weight is 442 g/mol. The maximum absolute atomic E-state index is 13.4. The molecule has 0 saturated carbocycles. The van der Waals surface area contributed by atoms with Gasteiger partial charge in [0.2, 0.25) is 5.91 Å². The van der Waals surface area contributed by atoms with E-state index < -0.39 is 26.8 Å². The molecule has 5 nitrogen and oxygen atoms in total. The first kappa shape index (κ1) is 22.5. The zero-order chi connectivity index (χ0) is 22.4. The summed E-state index contributed by atoms with van der Waals surface area (Å²) in [7, 11) is -2.31. The van der Waals surface area contributed by atoms with Crippen LogP contribution in [0.5, 0.6) is 11.5 Å². The van der Waals surface area contributed by atoms with Crippen LogP contribution >= 0.6 is 0 Å². The Kier molecular flexibility index (Phi) is 7.07. The molecular formula is C24H24FNO4S. The zero-order valence-electron chi connectivity index (χ0n) is 17.4. The van der Waals surface area contributed by atoms with Crippen LogP contribution in [0, 0.1) is 5.82 Å². The van der Waals surface area contributed by atoms with Crippen LogP contribution in [0.1, 0.15) is 18.1 Å². The van der Waals surface area contributed by atoms with Crippen molar-refractivity contribution in [2.75, 3.05) is 7.05 Å². The molecule has 1 atom stereocenters. The molecule has 0 N–H and O–H groups in total. The van der Waals surface area contributed by atoms with Gasteiger partial charge in [-0.2, -0.15) is 0 Å². The fraction of sp³-hybridized carbons (Fsp3) is 0.208. The zero-order valence-corrected chi connectivity index (χ0v) is 18.2. The van der Waals surface area contributed by atoms with Crippen LogP contribution in [0.15, 0.2) is 78.9 Å². The summed E-state index contributed by atoms with van der Waals surface area (Å²) in [5.41, 5.74) is 1.06. The lowest BCUT2D eigenvalue weighted by atomic mass is 10.2. The Bertz CT molecular complexity index is 1150. The molecule has 3 rings (SSSR count). The number of benzene rings is 3. The molecule has 0 radical (unpaired) electrons. The van der Waals surface area contributed by atoms with E-state index in [4.69, 9.17) is 4.74 Å². The summed E-state index contributed by atoms with van der Waals surface area (Å²) in [6.45, 7) is 1.49. The molecule has 0 saturated heterocycles. The largest absolute Gasteiger partial charge is 0.457 e. The van der Waals surface area contributed by atoms with Gasteiger partial charge in [-0.05, 0) is 42.8 Å². The van der Waals surface area contributed by atoms with Gasteiger partial charge in [0.25, 0.3) is 0 Å². The number of halogens is 1. The molecule has 1 amide bonds. The summed E-state index contributed by atoms with van der Waals surface area (Å²) in [6, 6.07) is 21.8. The normalized spacial score (nSPS) is 12.2. The summed E-state index contributed by atoms with van der Waals surface area (Å²) >= 11 is 0. The highest BCUT2D eigenvalue weighted by atomic mass is 32.2. The molecule has 0 heterocycles. The van der Waals surface area contributed by atoms with Gasteiger partial charge in [-0.3, -0.25) is 4.79 Å². The van der Waals surface area contributed by atoms with Gasteiger partial charge in [-0.1, -0.05) is 48.5 Å². The van der Waals surface area contributed by atoms with Crippen molar-refractivity contribution < 1.29 is 22.3 Å². The molecule has 0 bridgehead atoms. The van der Waals surface area contributed by atoms with E-state index >= 15 is 0 Å². The molecule has 7 heteroatoms. The van der Waals surface area contributed by atoms with E-state index in [2.05, 4.69) is 0 Å². The van der Waals surface area contributed by atoms with E-state index in [0.29, 0.717) is 22.6 Å². The Labute approximate surface area is 182 Å². The number of sulfone groups is 1. The molecular weight excluding hydrogens is 417 g/mol. The molecule has 0 aromatic heterocycles. The number of nitrogens with zero attached hydrogens (tertiary/aromatic N) is 1. The molecule has 3 aromatic carbocycles. The van der Waals surface area contributed by atoms with Gasteiger partial charge in [0.1, 0.15) is 22.6 Å². The van der Waals surface area contributed by atoms with Crippen LogP contribution in [-0.2, 0) is 26.9 Å². The lowest BCUT2D eigenvalue weighted by molar-refractivity contribution is -0.129. The Morgan fingerprint density at radius 2 is 1.68 bits per heavy atom. The van der Waals surface area contributed by atoms with Gasteiger partial charge >= 0.3 is 0 Å². The topological polar surface area (TPSA) is 63.7 Å². The number of carbonyl (C=O) groups excluding carboxylic acids is 1. The molecule has 0 aliphatic carbocycles. The van der Waals surface area contributed by atoms with Gasteiger partial charge in [-0.15, -0.1) is 0 Å². The third kappa shape index (κ3) is 5.92. The number of hydrogen-bond donors (Lipinski definition) is 0. The predicted molar refractivity (Wildman–Crippen MR) is 118 cm³/mol. The van der Waals surface area contributed by atoms with E-state index in [1.807, 2.05) is 18.2 Å². The third-order valence-corrected chi connectivity index (χ3v) is 6.86. The highest BCUT2D eigenvalue weighted by Crippen LogP contribution is 2.27. The number of amides is 1. The number of rotatable bonds is 8. The van der Waals surface area contributed by atoms with Crippen LogP contribution in [0.4, 0.5) is 4.39 Å². The number of hydrogen-bond acceptors (Lipinski definition) is 4. The summed E-state index contributed by atoms with van der Waals surface area (Å²) in [5.74, 6) is -0.285. The Balaban J connectivity index is 1.73. The second-order valence-electron chi connectivity index (χ2n) is 7.30. The van der Waals surface area contributed by atoms with Crippen molar-refractivity contribution >= 4 is 15.7 Å². The Morgan fingerprint density at radius 1 is 1.00 bits per heavy atom. The minimum absolute atomic E-state index is 0.115. The standard InChI is InChI=1S/C24H24FNO4S/c1-18(24(27)26(2)16-19-9-8-11-21(25)15-19)31(28,29)17-20-10-6-7-14-23(20)30-22-12-4-3-5-13-22/h3-15,18H,16-17H2,1-2H3. The summed E-state index contributed by atoms with van der Waals surface area (Å²) in [5, 5.41) is -1.25. The van der Waals surface area contributed by atoms with Crippen molar-refractivity contribution in [1.29, 1.82) is 0 Å². The third-order valence-electron chi connectivity index (χ3n) is 4.87. The summed E-state index contributed by atoms with van der Waals surface area (Å²) in [6.07, 6.45) is 0. The number of para-hydroxylation sites is 2. The van der Waals surface area contributed by atoms with Crippen molar-refractivity contribution in [1.82, 2.24) is 4.90 Å². The van der Waals surface area contributed by atoms with Gasteiger partial charge in [0, 0.05) is 19.2 Å². The minimum Gasteiger partial charge on any atom is -0.457 e. The monoisotopic (exact) mass is 441 g/mol. The van der Waals surface area contributed by atoms with Crippen LogP contribution in [0.25, 0.3) is 0 Å². The predicted octanol–water partition coefficient (Wildman–Crippen LogP) is 4.58. The minimum atomic E-state index is -3.82. The van der Waals surface area contributed by atoms with Crippen LogP contribution in [0.2, 0.25) is 0 Å². The molecule has 0 fully saturated rings. The van der Waals surface area contributed by atoms with Crippen molar-refractivity contribution in [2.24, 2.45) is 0 Å². The van der Waals surface area contributed by atoms with E-state index in [1.54, 1.807) is 48.5 Å². The van der Waals surface area contributed by atoms with E-state index in [0.717, 1.165) is 0 Å². The van der Waals surface area contributed by atoms with E-state index in [9.17, 15) is 17.6 Å². The van der Waals surface area contributed by atoms with Gasteiger partial charge in [-0.25, -0.2) is 12.8 Å². The highest BCUT2D eigenvalue weighted by Gasteiger charge is 2.31. The molecule has 31 heavy (non-hydrogen) atoms. The van der Waals surface area contributed by atoms with Gasteiger partial charge in [0.05, 0.1) is 5.75 Å². The first-order valence-corrected chi connectivity index (χ1v) is 11.5. The summed E-state index contributed by atoms with van der Waals surface area (Å²) in [4.78, 5) is 14.1. The number of ether oxygens (including phenoxy) is 1. The molecule has 0 aliphatic rings. The summed E-state index contributed by atoms with van der Waals surface area (Å²) < 4.78 is 45.2. The average Bonchev–Trinajstić information content (AvgIpc) is 2.74. The van der Waals surface area contributed by atoms with Crippen molar-refractivity contribution in [2.45, 2.75) is 24.5 Å². The van der Waals surface area contributed by atoms with Crippen molar-refractivity contribution in [3.05, 3.63) is 95.8 Å². The SMILES string of the molecule is CC(C(=O)N(C)Cc1cccc(F)c1)S(=O)(=O)Cc1ccccc1Oc1ccccc1. The Morgan fingerprint density at radius 3 is 2.39 bits per heavy atom. The number of carbonyl (C=O) groups is 1. The fourth-order valence-electron chi connectivity index (χ4n) is 3.13. The van der Waals surface area contributed by atoms with Crippen LogP contribution in [0.3, 0.4) is 0 Å². The second kappa shape index (κ2) is 9.75. The van der Waals surface area contributed by atoms with E-state index in [-0.39, 0.29) is 12.3 Å². The second-order valence-corrected chi connectivity index (χ2v) is 9.62. The Hall–Kier alpha value is -3.19. The molecule has 1 unspecified atom stereocenters. The molecule has 0 aliphatic heterocycles. The maximum atomic E-state index is 13.4. The molecule has 3 aromatic rings. The smallest absolute Gasteiger partial charge is 0.240 e. The molecule has 0 spiro atoms. The first-order valence-electron chi connectivity index (χ1n) is 9.78. The van der Waals surface area contributed by atoms with Crippen LogP contribution < -0.4 is 4.74 Å². The van der Waals surface area contributed by atoms with Gasteiger partial charge < -0.3 is 9.64 Å². The van der Waals surface area contributed by atoms with Crippen LogP contribution in [-0.4, -0.2) is 31.5 Å². The van der Waals surface area contributed by atoms with Crippen molar-refractivity contribution in [3.8, 4) is 11.5 Å². The molecule has 162 valence electrons. The first-order chi connectivity index (χ1) is 14.8.